The van der Waals surface area contributed by atoms with Crippen LogP contribution in [0.1, 0.15) is 47.8 Å². The molecule has 1 aromatic heterocycles. The van der Waals surface area contributed by atoms with Gasteiger partial charge in [0.2, 0.25) is 5.95 Å². The van der Waals surface area contributed by atoms with E-state index in [2.05, 4.69) is 25.8 Å². The highest BCUT2D eigenvalue weighted by Gasteiger charge is 2.49. The van der Waals surface area contributed by atoms with Crippen molar-refractivity contribution in [1.29, 1.82) is 0 Å². The van der Waals surface area contributed by atoms with Gasteiger partial charge >= 0.3 is 0 Å². The number of nitrogen functional groups attached to an aromatic ring is 1. The summed E-state index contributed by atoms with van der Waals surface area (Å²) in [6.07, 6.45) is 0. The molecule has 4 aromatic rings. The normalized spacial score (nSPS) is 18.4. The van der Waals surface area contributed by atoms with E-state index < -0.39 is 5.72 Å². The number of anilines is 1. The number of benzene rings is 3. The average Bonchev–Trinajstić information content (AvgIpc) is 3.22. The van der Waals surface area contributed by atoms with Gasteiger partial charge < -0.3 is 15.4 Å². The maximum Gasteiger partial charge on any atom is 0.257 e. The van der Waals surface area contributed by atoms with Crippen molar-refractivity contribution in [3.05, 3.63) is 95.1 Å². The van der Waals surface area contributed by atoms with Gasteiger partial charge in [-0.15, -0.1) is 0 Å². The van der Waals surface area contributed by atoms with Crippen molar-refractivity contribution in [1.82, 2.24) is 14.5 Å². The number of fused-ring (bicyclic) bond motifs is 2. The second kappa shape index (κ2) is 6.93. The molecule has 1 aliphatic rings. The number of hydrogen-bond acceptors (Lipinski definition) is 4. The Balaban J connectivity index is 1.69. The summed E-state index contributed by atoms with van der Waals surface area (Å²) in [6.45, 7) is 6.49. The predicted octanol–water partition coefficient (Wildman–Crippen LogP) is 4.22. The SMILES string of the molecule is CC(C)(C)n1c(N)nc2cc(C3(O)c4ccccc4C(=O)N3Cc3ccccc3)ccc21. The topological polar surface area (TPSA) is 84.4 Å². The van der Waals surface area contributed by atoms with Crippen LogP contribution in [0.4, 0.5) is 5.95 Å². The van der Waals surface area contributed by atoms with Gasteiger partial charge in [0.05, 0.1) is 11.0 Å². The summed E-state index contributed by atoms with van der Waals surface area (Å²) in [5.41, 5.74) is 8.54. The number of amides is 1. The molecule has 0 saturated carbocycles. The fraction of sp³-hybridized carbons (Fsp3) is 0.231. The van der Waals surface area contributed by atoms with Crippen LogP contribution in [0.5, 0.6) is 0 Å². The van der Waals surface area contributed by atoms with Crippen LogP contribution in [0.15, 0.2) is 72.8 Å². The average molecular weight is 427 g/mol. The first kappa shape index (κ1) is 20.3. The Hall–Kier alpha value is -3.64. The maximum atomic E-state index is 13.4. The third kappa shape index (κ3) is 2.91. The van der Waals surface area contributed by atoms with Gasteiger partial charge in [-0.25, -0.2) is 4.98 Å². The molecule has 1 unspecified atom stereocenters. The van der Waals surface area contributed by atoms with Crippen LogP contribution < -0.4 is 5.73 Å². The van der Waals surface area contributed by atoms with Gasteiger partial charge in [0, 0.05) is 28.8 Å². The number of hydrogen-bond donors (Lipinski definition) is 2. The molecular formula is C26H26N4O2. The van der Waals surface area contributed by atoms with E-state index in [-0.39, 0.29) is 18.0 Å². The highest BCUT2D eigenvalue weighted by molar-refractivity contribution is 6.00. The smallest absolute Gasteiger partial charge is 0.257 e. The van der Waals surface area contributed by atoms with Gasteiger partial charge in [-0.3, -0.25) is 9.69 Å². The molecule has 32 heavy (non-hydrogen) atoms. The summed E-state index contributed by atoms with van der Waals surface area (Å²) in [5.74, 6) is 0.215. The summed E-state index contributed by atoms with van der Waals surface area (Å²) in [6, 6.07) is 22.5. The standard InChI is InChI=1S/C26H26N4O2/c1-25(2,3)30-22-14-13-18(15-21(22)28-24(30)27)26(32)20-12-8-7-11-19(20)23(31)29(26)16-17-9-5-4-6-10-17/h4-15,32H,16H2,1-3H3,(H2,27,28). The number of carbonyl (C=O) groups excluding carboxylic acids is 1. The van der Waals surface area contributed by atoms with Crippen LogP contribution in [0.3, 0.4) is 0 Å². The maximum absolute atomic E-state index is 13.4. The number of nitrogens with two attached hydrogens (primary N) is 1. The molecule has 0 aliphatic carbocycles. The molecule has 6 heteroatoms. The first-order chi connectivity index (χ1) is 15.2. The lowest BCUT2D eigenvalue weighted by atomic mass is 9.93. The van der Waals surface area contributed by atoms with Crippen molar-refractivity contribution in [2.24, 2.45) is 0 Å². The first-order valence-corrected chi connectivity index (χ1v) is 10.7. The van der Waals surface area contributed by atoms with E-state index in [1.54, 1.807) is 6.07 Å². The Labute approximate surface area is 186 Å². The molecule has 1 aliphatic heterocycles. The predicted molar refractivity (Wildman–Crippen MR) is 125 cm³/mol. The molecular weight excluding hydrogens is 400 g/mol. The molecule has 0 spiro atoms. The minimum atomic E-state index is -1.61. The second-order valence-electron chi connectivity index (χ2n) is 9.27. The van der Waals surface area contributed by atoms with E-state index in [9.17, 15) is 9.90 Å². The van der Waals surface area contributed by atoms with Gasteiger partial charge in [-0.1, -0.05) is 54.6 Å². The van der Waals surface area contributed by atoms with Crippen molar-refractivity contribution >= 4 is 22.9 Å². The van der Waals surface area contributed by atoms with Gasteiger partial charge in [-0.2, -0.15) is 0 Å². The van der Waals surface area contributed by atoms with Crippen molar-refractivity contribution in [2.75, 3.05) is 5.73 Å². The molecule has 3 aromatic carbocycles. The zero-order chi connectivity index (χ0) is 22.7. The molecule has 1 amide bonds. The Kier molecular flexibility index (Phi) is 4.39. The van der Waals surface area contributed by atoms with Crippen LogP contribution in [0.25, 0.3) is 11.0 Å². The third-order valence-corrected chi connectivity index (χ3v) is 6.11. The van der Waals surface area contributed by atoms with Crippen molar-refractivity contribution in [3.8, 4) is 0 Å². The molecule has 0 bridgehead atoms. The summed E-state index contributed by atoms with van der Waals surface area (Å²) in [7, 11) is 0. The fourth-order valence-corrected chi connectivity index (χ4v) is 4.70. The number of imidazole rings is 1. The van der Waals surface area contributed by atoms with Gasteiger partial charge in [0.15, 0.2) is 5.72 Å². The largest absolute Gasteiger partial charge is 0.369 e. The lowest BCUT2D eigenvalue weighted by Crippen LogP contribution is -2.44. The van der Waals surface area contributed by atoms with Crippen molar-refractivity contribution < 1.29 is 9.90 Å². The molecule has 1 atom stereocenters. The van der Waals surface area contributed by atoms with Crippen LogP contribution in [-0.2, 0) is 17.8 Å². The number of aliphatic hydroxyl groups is 1. The van der Waals surface area contributed by atoms with E-state index in [4.69, 9.17) is 5.73 Å². The third-order valence-electron chi connectivity index (χ3n) is 6.11. The molecule has 162 valence electrons. The minimum Gasteiger partial charge on any atom is -0.369 e. The van der Waals surface area contributed by atoms with E-state index in [1.807, 2.05) is 71.3 Å². The van der Waals surface area contributed by atoms with E-state index in [1.165, 1.54) is 4.90 Å². The quantitative estimate of drug-likeness (QED) is 0.514. The molecule has 0 fully saturated rings. The highest BCUT2D eigenvalue weighted by atomic mass is 16.3. The van der Waals surface area contributed by atoms with Crippen LogP contribution in [0, 0.1) is 0 Å². The zero-order valence-corrected chi connectivity index (χ0v) is 18.4. The molecule has 0 saturated heterocycles. The number of aromatic nitrogens is 2. The van der Waals surface area contributed by atoms with Gasteiger partial charge in [0.25, 0.3) is 5.91 Å². The first-order valence-electron chi connectivity index (χ1n) is 10.7. The number of rotatable bonds is 3. The molecule has 3 N–H and O–H groups in total. The molecule has 2 heterocycles. The fourth-order valence-electron chi connectivity index (χ4n) is 4.70. The van der Waals surface area contributed by atoms with Gasteiger partial charge in [0.1, 0.15) is 0 Å². The molecule has 5 rings (SSSR count). The van der Waals surface area contributed by atoms with Crippen LogP contribution in [0.2, 0.25) is 0 Å². The monoisotopic (exact) mass is 426 g/mol. The van der Waals surface area contributed by atoms with Gasteiger partial charge in [-0.05, 0) is 44.5 Å². The zero-order valence-electron chi connectivity index (χ0n) is 18.4. The van der Waals surface area contributed by atoms with Crippen molar-refractivity contribution in [2.45, 2.75) is 38.6 Å². The Morgan fingerprint density at radius 2 is 1.69 bits per heavy atom. The lowest BCUT2D eigenvalue weighted by molar-refractivity contribution is -0.0542. The Bertz CT molecular complexity index is 1340. The highest BCUT2D eigenvalue weighted by Crippen LogP contribution is 2.44. The second-order valence-corrected chi connectivity index (χ2v) is 9.27. The number of carbonyl (C=O) groups is 1. The van der Waals surface area contributed by atoms with Crippen LogP contribution >= 0.6 is 0 Å². The summed E-state index contributed by atoms with van der Waals surface area (Å²) in [4.78, 5) is 19.4. The molecule has 6 nitrogen and oxygen atoms in total. The minimum absolute atomic E-state index is 0.202. The summed E-state index contributed by atoms with van der Waals surface area (Å²) >= 11 is 0. The summed E-state index contributed by atoms with van der Waals surface area (Å²) in [5, 5.41) is 12.1. The summed E-state index contributed by atoms with van der Waals surface area (Å²) < 4.78 is 1.98. The van der Waals surface area contributed by atoms with E-state index >= 15 is 0 Å². The van der Waals surface area contributed by atoms with E-state index in [0.29, 0.717) is 28.2 Å². The van der Waals surface area contributed by atoms with Crippen molar-refractivity contribution in [3.63, 3.8) is 0 Å². The van der Waals surface area contributed by atoms with Crippen LogP contribution in [-0.4, -0.2) is 25.5 Å². The Morgan fingerprint density at radius 1 is 1.00 bits per heavy atom. The van der Waals surface area contributed by atoms with E-state index in [0.717, 1.165) is 11.1 Å². The number of nitrogens with zero attached hydrogens (tertiary/aromatic N) is 3. The molecule has 0 radical (unpaired) electrons. The Morgan fingerprint density at radius 3 is 2.41 bits per heavy atom. The lowest BCUT2D eigenvalue weighted by Gasteiger charge is -2.35.